The molecular formula is C14H11F2N3. The number of pyridine rings is 1. The van der Waals surface area contributed by atoms with Gasteiger partial charge in [0.05, 0.1) is 11.0 Å². The van der Waals surface area contributed by atoms with Gasteiger partial charge in [-0.2, -0.15) is 0 Å². The number of rotatable bonds is 3. The summed E-state index contributed by atoms with van der Waals surface area (Å²) in [6, 6.07) is 6.11. The Bertz CT molecular complexity index is 668. The van der Waals surface area contributed by atoms with Crippen molar-refractivity contribution in [3.8, 4) is 0 Å². The van der Waals surface area contributed by atoms with E-state index in [1.165, 1.54) is 0 Å². The molecule has 1 N–H and O–H groups in total. The van der Waals surface area contributed by atoms with Gasteiger partial charge in [0.15, 0.2) is 11.6 Å². The molecule has 0 radical (unpaired) electrons. The van der Waals surface area contributed by atoms with Gasteiger partial charge in [0.1, 0.15) is 5.82 Å². The van der Waals surface area contributed by atoms with Gasteiger partial charge >= 0.3 is 0 Å². The van der Waals surface area contributed by atoms with Crippen LogP contribution in [0.3, 0.4) is 0 Å². The van der Waals surface area contributed by atoms with Crippen LogP contribution < -0.4 is 0 Å². The van der Waals surface area contributed by atoms with Crippen LogP contribution in [0.4, 0.5) is 8.78 Å². The quantitative estimate of drug-likeness (QED) is 0.785. The maximum absolute atomic E-state index is 13.1. The summed E-state index contributed by atoms with van der Waals surface area (Å²) < 4.78 is 26.2. The zero-order valence-electron chi connectivity index (χ0n) is 10.0. The maximum Gasteiger partial charge on any atom is 0.161 e. The highest BCUT2D eigenvalue weighted by Gasteiger charge is 2.08. The van der Waals surface area contributed by atoms with E-state index in [1.54, 1.807) is 12.4 Å². The molecule has 3 nitrogen and oxygen atoms in total. The van der Waals surface area contributed by atoms with Crippen LogP contribution in [0.25, 0.3) is 11.0 Å². The van der Waals surface area contributed by atoms with Crippen LogP contribution in [0.2, 0.25) is 0 Å². The molecule has 1 aromatic carbocycles. The van der Waals surface area contributed by atoms with Gasteiger partial charge < -0.3 is 4.98 Å². The number of aromatic amines is 1. The van der Waals surface area contributed by atoms with E-state index in [9.17, 15) is 8.78 Å². The molecule has 0 unspecified atom stereocenters. The number of halogens is 2. The molecular weight excluding hydrogens is 248 g/mol. The number of hydrogen-bond donors (Lipinski definition) is 1. The van der Waals surface area contributed by atoms with Gasteiger partial charge in [0, 0.05) is 30.9 Å². The second-order valence-corrected chi connectivity index (χ2v) is 4.32. The molecule has 5 heteroatoms. The van der Waals surface area contributed by atoms with Crippen LogP contribution in [-0.4, -0.2) is 15.0 Å². The largest absolute Gasteiger partial charge is 0.342 e. The van der Waals surface area contributed by atoms with Crippen molar-refractivity contribution >= 4 is 11.0 Å². The second kappa shape index (κ2) is 4.76. The van der Waals surface area contributed by atoms with Crippen LogP contribution >= 0.6 is 0 Å². The fraction of sp³-hybridized carbons (Fsp3) is 0.143. The Morgan fingerprint density at radius 2 is 1.74 bits per heavy atom. The van der Waals surface area contributed by atoms with Crippen molar-refractivity contribution in [2.75, 3.05) is 0 Å². The first-order valence-electron chi connectivity index (χ1n) is 5.95. The normalized spacial score (nSPS) is 11.1. The molecule has 2 aromatic heterocycles. The molecule has 0 saturated heterocycles. The molecule has 0 aliphatic rings. The first-order valence-corrected chi connectivity index (χ1v) is 5.95. The highest BCUT2D eigenvalue weighted by atomic mass is 19.2. The number of nitrogens with one attached hydrogen (secondary N) is 1. The van der Waals surface area contributed by atoms with Gasteiger partial charge in [-0.05, 0) is 24.1 Å². The third-order valence-corrected chi connectivity index (χ3v) is 2.97. The van der Waals surface area contributed by atoms with Crippen LogP contribution in [0.1, 0.15) is 11.4 Å². The highest BCUT2D eigenvalue weighted by molar-refractivity contribution is 5.75. The van der Waals surface area contributed by atoms with E-state index in [2.05, 4.69) is 15.0 Å². The fourth-order valence-corrected chi connectivity index (χ4v) is 1.99. The molecule has 0 aliphatic carbocycles. The SMILES string of the molecule is Fc1cc2nc(CCc3ccncc3)[nH]c2cc1F. The monoisotopic (exact) mass is 259 g/mol. The topological polar surface area (TPSA) is 41.6 Å². The van der Waals surface area contributed by atoms with Gasteiger partial charge in [-0.3, -0.25) is 4.98 Å². The Morgan fingerprint density at radius 1 is 1.00 bits per heavy atom. The summed E-state index contributed by atoms with van der Waals surface area (Å²) in [5.74, 6) is -1.02. The molecule has 0 atom stereocenters. The van der Waals surface area contributed by atoms with Crippen molar-refractivity contribution in [3.05, 3.63) is 59.7 Å². The van der Waals surface area contributed by atoms with Crippen molar-refractivity contribution in [1.29, 1.82) is 0 Å². The number of aryl methyl sites for hydroxylation is 2. The molecule has 2 heterocycles. The van der Waals surface area contributed by atoms with Crippen LogP contribution in [0.5, 0.6) is 0 Å². The first-order chi connectivity index (χ1) is 9.22. The number of H-pyrrole nitrogens is 1. The van der Waals surface area contributed by atoms with Crippen LogP contribution in [0.15, 0.2) is 36.7 Å². The Morgan fingerprint density at radius 3 is 2.53 bits per heavy atom. The number of hydrogen-bond acceptors (Lipinski definition) is 2. The zero-order valence-corrected chi connectivity index (χ0v) is 10.0. The summed E-state index contributed by atoms with van der Waals surface area (Å²) in [4.78, 5) is 11.2. The van der Waals surface area contributed by atoms with Crippen molar-refractivity contribution in [1.82, 2.24) is 15.0 Å². The molecule has 0 fully saturated rings. The molecule has 3 aromatic rings. The Labute approximate surface area is 108 Å². The smallest absolute Gasteiger partial charge is 0.161 e. The summed E-state index contributed by atoms with van der Waals surface area (Å²) in [7, 11) is 0. The van der Waals surface area contributed by atoms with Crippen molar-refractivity contribution in [2.24, 2.45) is 0 Å². The molecule has 0 bridgehead atoms. The van der Waals surface area contributed by atoms with E-state index in [4.69, 9.17) is 0 Å². The van der Waals surface area contributed by atoms with E-state index >= 15 is 0 Å². The average Bonchev–Trinajstić information content (AvgIpc) is 2.80. The first kappa shape index (κ1) is 11.8. The molecule has 0 aliphatic heterocycles. The van der Waals surface area contributed by atoms with Crippen molar-refractivity contribution < 1.29 is 8.78 Å². The van der Waals surface area contributed by atoms with E-state index in [0.29, 0.717) is 17.5 Å². The summed E-state index contributed by atoms with van der Waals surface area (Å²) in [5, 5.41) is 0. The Balaban J connectivity index is 1.82. The third-order valence-electron chi connectivity index (χ3n) is 2.97. The fourth-order valence-electron chi connectivity index (χ4n) is 1.99. The lowest BCUT2D eigenvalue weighted by Crippen LogP contribution is -1.93. The van der Waals surface area contributed by atoms with Crippen LogP contribution in [-0.2, 0) is 12.8 Å². The standard InChI is InChI=1S/C14H11F2N3/c15-10-7-12-13(8-11(10)16)19-14(18-12)2-1-9-3-5-17-6-4-9/h3-8H,1-2H2,(H,18,19). The lowest BCUT2D eigenvalue weighted by molar-refractivity contribution is 0.510. The van der Waals surface area contributed by atoms with E-state index in [-0.39, 0.29) is 0 Å². The zero-order chi connectivity index (χ0) is 13.2. The average molecular weight is 259 g/mol. The van der Waals surface area contributed by atoms with Gasteiger partial charge in [-0.15, -0.1) is 0 Å². The lowest BCUT2D eigenvalue weighted by Gasteiger charge is -1.97. The minimum atomic E-state index is -0.875. The van der Waals surface area contributed by atoms with E-state index < -0.39 is 11.6 Å². The van der Waals surface area contributed by atoms with Crippen LogP contribution in [0, 0.1) is 11.6 Å². The number of nitrogens with zero attached hydrogens (tertiary/aromatic N) is 2. The summed E-state index contributed by atoms with van der Waals surface area (Å²) in [6.45, 7) is 0. The number of imidazole rings is 1. The Hall–Kier alpha value is -2.30. The summed E-state index contributed by atoms with van der Waals surface area (Å²) in [6.07, 6.45) is 4.95. The van der Waals surface area contributed by atoms with E-state index in [1.807, 2.05) is 12.1 Å². The summed E-state index contributed by atoms with van der Waals surface area (Å²) >= 11 is 0. The molecule has 96 valence electrons. The van der Waals surface area contributed by atoms with Gasteiger partial charge in [0.25, 0.3) is 0 Å². The van der Waals surface area contributed by atoms with Crippen molar-refractivity contribution in [2.45, 2.75) is 12.8 Å². The van der Waals surface area contributed by atoms with Crippen molar-refractivity contribution in [3.63, 3.8) is 0 Å². The molecule has 0 spiro atoms. The Kier molecular flexibility index (Phi) is 2.95. The summed E-state index contributed by atoms with van der Waals surface area (Å²) in [5.41, 5.74) is 2.11. The predicted molar refractivity (Wildman–Crippen MR) is 67.7 cm³/mol. The number of benzene rings is 1. The number of aromatic nitrogens is 3. The second-order valence-electron chi connectivity index (χ2n) is 4.32. The minimum Gasteiger partial charge on any atom is -0.342 e. The van der Waals surface area contributed by atoms with Gasteiger partial charge in [-0.1, -0.05) is 0 Å². The third kappa shape index (κ3) is 2.45. The van der Waals surface area contributed by atoms with Gasteiger partial charge in [-0.25, -0.2) is 13.8 Å². The minimum absolute atomic E-state index is 0.448. The highest BCUT2D eigenvalue weighted by Crippen LogP contribution is 2.17. The molecule has 3 rings (SSSR count). The lowest BCUT2D eigenvalue weighted by atomic mass is 10.1. The van der Waals surface area contributed by atoms with Gasteiger partial charge in [0.2, 0.25) is 0 Å². The maximum atomic E-state index is 13.1. The van der Waals surface area contributed by atoms with E-state index in [0.717, 1.165) is 29.9 Å². The molecule has 0 amide bonds. The predicted octanol–water partition coefficient (Wildman–Crippen LogP) is 3.02. The number of fused-ring (bicyclic) bond motifs is 1. The molecule has 0 saturated carbocycles. The molecule has 19 heavy (non-hydrogen) atoms.